The van der Waals surface area contributed by atoms with Crippen molar-refractivity contribution in [1.82, 2.24) is 20.2 Å². The fraction of sp³-hybridized carbons (Fsp3) is 0.875. The van der Waals surface area contributed by atoms with Crippen LogP contribution in [0.5, 0.6) is 0 Å². The second-order valence-electron chi connectivity index (χ2n) is 4.08. The Morgan fingerprint density at radius 1 is 1.57 bits per heavy atom. The van der Waals surface area contributed by atoms with E-state index in [9.17, 15) is 0 Å². The maximum atomic E-state index is 5.05. The lowest BCUT2D eigenvalue weighted by Crippen LogP contribution is -2.22. The third-order valence-electron chi connectivity index (χ3n) is 2.10. The zero-order valence-corrected chi connectivity index (χ0v) is 9.60. The Kier molecular flexibility index (Phi) is 3.77. The van der Waals surface area contributed by atoms with Crippen LogP contribution in [0.4, 0.5) is 0 Å². The van der Waals surface area contributed by atoms with Gasteiger partial charge < -0.3 is 4.74 Å². The molecule has 0 spiro atoms. The first-order valence-corrected chi connectivity index (χ1v) is 4.93. The van der Waals surface area contributed by atoms with Crippen LogP contribution >= 0.6 is 12.2 Å². The van der Waals surface area contributed by atoms with E-state index in [-0.39, 0.29) is 5.41 Å². The van der Waals surface area contributed by atoms with Crippen molar-refractivity contribution in [2.75, 3.05) is 13.7 Å². The van der Waals surface area contributed by atoms with Gasteiger partial charge in [0.15, 0.2) is 0 Å². The van der Waals surface area contributed by atoms with Crippen LogP contribution in [0.1, 0.15) is 20.3 Å². The lowest BCUT2D eigenvalue weighted by molar-refractivity contribution is 0.139. The van der Waals surface area contributed by atoms with Crippen molar-refractivity contribution in [2.24, 2.45) is 5.41 Å². The molecule has 0 aliphatic heterocycles. The van der Waals surface area contributed by atoms with Crippen LogP contribution in [0.3, 0.4) is 0 Å². The van der Waals surface area contributed by atoms with E-state index < -0.39 is 0 Å². The molecule has 5 nitrogen and oxygen atoms in total. The first-order valence-electron chi connectivity index (χ1n) is 4.52. The smallest absolute Gasteiger partial charge is 0.238 e. The number of H-pyrrole nitrogens is 1. The molecule has 0 aliphatic rings. The van der Waals surface area contributed by atoms with Gasteiger partial charge in [0.05, 0.1) is 0 Å². The third-order valence-corrected chi connectivity index (χ3v) is 2.40. The summed E-state index contributed by atoms with van der Waals surface area (Å²) in [5.74, 6) is 0. The Morgan fingerprint density at radius 2 is 2.29 bits per heavy atom. The molecule has 0 radical (unpaired) electrons. The van der Waals surface area contributed by atoms with Crippen LogP contribution in [-0.2, 0) is 11.3 Å². The Bertz CT molecular complexity index is 330. The summed E-state index contributed by atoms with van der Waals surface area (Å²) < 4.78 is 7.32. The van der Waals surface area contributed by atoms with Crippen LogP contribution in [0.15, 0.2) is 0 Å². The first-order chi connectivity index (χ1) is 6.55. The SMILES string of the molecule is COCCC(C)(C)Cn1[nH]nnc1=S. The van der Waals surface area contributed by atoms with E-state index in [0.717, 1.165) is 19.6 Å². The number of aromatic amines is 1. The van der Waals surface area contributed by atoms with E-state index in [0.29, 0.717) is 4.77 Å². The number of nitrogens with one attached hydrogen (secondary N) is 1. The number of hydrogen-bond donors (Lipinski definition) is 1. The Balaban J connectivity index is 2.59. The minimum absolute atomic E-state index is 0.127. The topological polar surface area (TPSA) is 55.7 Å². The van der Waals surface area contributed by atoms with Crippen LogP contribution in [0.2, 0.25) is 0 Å². The summed E-state index contributed by atoms with van der Waals surface area (Å²) >= 11 is 4.99. The van der Waals surface area contributed by atoms with E-state index in [1.54, 1.807) is 11.8 Å². The fourth-order valence-corrected chi connectivity index (χ4v) is 1.35. The minimum atomic E-state index is 0.127. The van der Waals surface area contributed by atoms with Gasteiger partial charge in [0.2, 0.25) is 4.77 Å². The van der Waals surface area contributed by atoms with E-state index in [1.165, 1.54) is 0 Å². The number of hydrogen-bond acceptors (Lipinski definition) is 4. The molecular weight excluding hydrogens is 200 g/mol. The van der Waals surface area contributed by atoms with Gasteiger partial charge in [0, 0.05) is 20.3 Å². The highest BCUT2D eigenvalue weighted by Gasteiger charge is 2.19. The number of tetrazole rings is 1. The van der Waals surface area contributed by atoms with Crippen molar-refractivity contribution in [1.29, 1.82) is 0 Å². The van der Waals surface area contributed by atoms with Crippen molar-refractivity contribution in [3.63, 3.8) is 0 Å². The highest BCUT2D eigenvalue weighted by atomic mass is 32.1. The molecule has 1 aromatic heterocycles. The zero-order valence-electron chi connectivity index (χ0n) is 8.78. The average Bonchev–Trinajstić information content (AvgIpc) is 2.48. The summed E-state index contributed by atoms with van der Waals surface area (Å²) in [5, 5.41) is 10.1. The molecule has 1 aromatic rings. The molecule has 0 aliphatic carbocycles. The second-order valence-corrected chi connectivity index (χ2v) is 4.44. The second kappa shape index (κ2) is 4.65. The van der Waals surface area contributed by atoms with Crippen molar-refractivity contribution in [3.8, 4) is 0 Å². The van der Waals surface area contributed by atoms with Crippen molar-refractivity contribution >= 4 is 12.2 Å². The van der Waals surface area contributed by atoms with Crippen molar-refractivity contribution in [2.45, 2.75) is 26.8 Å². The van der Waals surface area contributed by atoms with Gasteiger partial charge in [-0.1, -0.05) is 24.2 Å². The van der Waals surface area contributed by atoms with Gasteiger partial charge in [-0.3, -0.25) is 0 Å². The molecule has 0 atom stereocenters. The summed E-state index contributed by atoms with van der Waals surface area (Å²) in [6, 6.07) is 0. The normalized spacial score (nSPS) is 11.9. The van der Waals surface area contributed by atoms with E-state index in [2.05, 4.69) is 29.4 Å². The van der Waals surface area contributed by atoms with Crippen LogP contribution < -0.4 is 0 Å². The molecule has 0 saturated heterocycles. The molecule has 6 heteroatoms. The number of nitrogens with zero attached hydrogens (tertiary/aromatic N) is 3. The summed E-state index contributed by atoms with van der Waals surface area (Å²) in [4.78, 5) is 0. The van der Waals surface area contributed by atoms with E-state index in [4.69, 9.17) is 17.0 Å². The van der Waals surface area contributed by atoms with Gasteiger partial charge in [-0.2, -0.15) is 5.21 Å². The van der Waals surface area contributed by atoms with Gasteiger partial charge in [0.25, 0.3) is 0 Å². The van der Waals surface area contributed by atoms with Crippen LogP contribution in [0.25, 0.3) is 0 Å². The first kappa shape index (κ1) is 11.3. The molecule has 0 saturated carbocycles. The molecule has 80 valence electrons. The lowest BCUT2D eigenvalue weighted by Gasteiger charge is -2.23. The molecule has 1 rings (SSSR count). The summed E-state index contributed by atoms with van der Waals surface area (Å²) in [6.45, 7) is 5.85. The largest absolute Gasteiger partial charge is 0.385 e. The molecular formula is C8H16N4OS. The zero-order chi connectivity index (χ0) is 10.6. The molecule has 0 amide bonds. The summed E-state index contributed by atoms with van der Waals surface area (Å²) in [6.07, 6.45) is 0.976. The predicted molar refractivity (Wildman–Crippen MR) is 55.5 cm³/mol. The van der Waals surface area contributed by atoms with Gasteiger partial charge in [-0.25, -0.2) is 4.68 Å². The Labute approximate surface area is 88.4 Å². The van der Waals surface area contributed by atoms with Gasteiger partial charge >= 0.3 is 0 Å². The third kappa shape index (κ3) is 3.19. The van der Waals surface area contributed by atoms with Crippen LogP contribution in [0, 0.1) is 10.2 Å². The van der Waals surface area contributed by atoms with Crippen LogP contribution in [-0.4, -0.2) is 33.9 Å². The summed E-state index contributed by atoms with van der Waals surface area (Å²) in [7, 11) is 1.71. The molecule has 14 heavy (non-hydrogen) atoms. The van der Waals surface area contributed by atoms with Gasteiger partial charge in [-0.05, 0) is 24.1 Å². The average molecular weight is 216 g/mol. The molecule has 0 aromatic carbocycles. The fourth-order valence-electron chi connectivity index (χ4n) is 1.20. The maximum Gasteiger partial charge on any atom is 0.238 e. The van der Waals surface area contributed by atoms with Crippen molar-refractivity contribution in [3.05, 3.63) is 4.77 Å². The minimum Gasteiger partial charge on any atom is -0.385 e. The molecule has 1 heterocycles. The highest BCUT2D eigenvalue weighted by Crippen LogP contribution is 2.22. The monoisotopic (exact) mass is 216 g/mol. The standard InChI is InChI=1S/C8H16N4OS/c1-8(2,4-5-13-3)6-12-7(14)9-10-11-12/h4-6H2,1-3H3,(H,9,11,14). The van der Waals surface area contributed by atoms with E-state index in [1.807, 2.05) is 0 Å². The lowest BCUT2D eigenvalue weighted by atomic mass is 9.90. The Morgan fingerprint density at radius 3 is 2.79 bits per heavy atom. The van der Waals surface area contributed by atoms with Crippen molar-refractivity contribution < 1.29 is 4.74 Å². The number of aromatic nitrogens is 4. The molecule has 0 fully saturated rings. The molecule has 1 N–H and O–H groups in total. The number of methoxy groups -OCH3 is 1. The maximum absolute atomic E-state index is 5.05. The van der Waals surface area contributed by atoms with Gasteiger partial charge in [0.1, 0.15) is 0 Å². The predicted octanol–water partition coefficient (Wildman–Crippen LogP) is 1.40. The Hall–Kier alpha value is -0.750. The van der Waals surface area contributed by atoms with E-state index >= 15 is 0 Å². The summed E-state index contributed by atoms with van der Waals surface area (Å²) in [5.41, 5.74) is 0.127. The number of rotatable bonds is 5. The molecule has 0 unspecified atom stereocenters. The number of ether oxygens (including phenoxy) is 1. The highest BCUT2D eigenvalue weighted by molar-refractivity contribution is 7.71. The van der Waals surface area contributed by atoms with Gasteiger partial charge in [-0.15, -0.1) is 0 Å². The molecule has 0 bridgehead atoms. The quantitative estimate of drug-likeness (QED) is 0.756.